The number of nitro benzene ring substituents is 1. The van der Waals surface area contributed by atoms with Crippen LogP contribution in [0.2, 0.25) is 10.0 Å². The molecule has 0 saturated heterocycles. The Morgan fingerprint density at radius 2 is 1.82 bits per heavy atom. The van der Waals surface area contributed by atoms with Crippen LogP contribution in [-0.2, 0) is 13.3 Å². The predicted molar refractivity (Wildman–Crippen MR) is 122 cm³/mol. The van der Waals surface area contributed by atoms with Gasteiger partial charge in [-0.25, -0.2) is 4.68 Å². The van der Waals surface area contributed by atoms with Crippen LogP contribution in [0.4, 0.5) is 11.5 Å². The Kier molecular flexibility index (Phi) is 6.57. The van der Waals surface area contributed by atoms with E-state index < -0.39 is 10.8 Å². The summed E-state index contributed by atoms with van der Waals surface area (Å²) in [6, 6.07) is 14.8. The number of rotatable bonds is 8. The third kappa shape index (κ3) is 5.48. The number of aromatic nitrogens is 4. The first kappa shape index (κ1) is 22.3. The number of amides is 1. The number of carbonyl (C=O) groups excluding carboxylic acids is 1. The van der Waals surface area contributed by atoms with E-state index in [-0.39, 0.29) is 34.7 Å². The van der Waals surface area contributed by atoms with Crippen LogP contribution in [0.1, 0.15) is 16.1 Å². The number of ether oxygens (including phenoxy) is 1. The third-order valence-corrected chi connectivity index (χ3v) is 5.02. The monoisotopic (exact) mass is 486 g/mol. The summed E-state index contributed by atoms with van der Waals surface area (Å²) in [5.74, 6) is -0.221. The fourth-order valence-corrected chi connectivity index (χ4v) is 3.26. The Morgan fingerprint density at radius 1 is 1.06 bits per heavy atom. The van der Waals surface area contributed by atoms with Crippen LogP contribution in [0.5, 0.6) is 5.75 Å². The lowest BCUT2D eigenvalue weighted by Gasteiger charge is -2.06. The van der Waals surface area contributed by atoms with Crippen LogP contribution in [0, 0.1) is 10.1 Å². The van der Waals surface area contributed by atoms with E-state index in [0.29, 0.717) is 11.6 Å². The number of carbonyl (C=O) groups is 1. The van der Waals surface area contributed by atoms with Gasteiger partial charge >= 0.3 is 5.69 Å². The van der Waals surface area contributed by atoms with E-state index in [1.807, 2.05) is 12.1 Å². The summed E-state index contributed by atoms with van der Waals surface area (Å²) >= 11 is 12.1. The van der Waals surface area contributed by atoms with Gasteiger partial charge in [0, 0.05) is 23.5 Å². The second-order valence-corrected chi connectivity index (χ2v) is 7.69. The number of benzene rings is 2. The van der Waals surface area contributed by atoms with Gasteiger partial charge in [-0.2, -0.15) is 10.2 Å². The SMILES string of the molecule is O=C(Nc1nn(Cc2ccc(Cl)cc2)cc1Cl)c1ccn(COc2ccccc2[N+](=O)[O-])n1. The summed E-state index contributed by atoms with van der Waals surface area (Å²) in [7, 11) is 0. The van der Waals surface area contributed by atoms with E-state index in [4.69, 9.17) is 27.9 Å². The van der Waals surface area contributed by atoms with E-state index in [2.05, 4.69) is 15.5 Å². The topological polar surface area (TPSA) is 117 Å². The second-order valence-electron chi connectivity index (χ2n) is 6.84. The molecular formula is C21H16Cl2N6O4. The van der Waals surface area contributed by atoms with E-state index in [1.165, 1.54) is 29.1 Å². The molecule has 0 saturated carbocycles. The van der Waals surface area contributed by atoms with Crippen molar-refractivity contribution in [2.24, 2.45) is 0 Å². The van der Waals surface area contributed by atoms with Gasteiger partial charge in [0.15, 0.2) is 24.0 Å². The zero-order chi connectivity index (χ0) is 23.4. The molecule has 0 fully saturated rings. The highest BCUT2D eigenvalue weighted by atomic mass is 35.5. The smallest absolute Gasteiger partial charge is 0.311 e. The van der Waals surface area contributed by atoms with Crippen LogP contribution >= 0.6 is 23.2 Å². The van der Waals surface area contributed by atoms with Gasteiger partial charge in [0.2, 0.25) is 0 Å². The molecule has 2 aromatic carbocycles. The molecule has 4 aromatic rings. The van der Waals surface area contributed by atoms with Gasteiger partial charge < -0.3 is 10.1 Å². The van der Waals surface area contributed by atoms with Crippen LogP contribution in [-0.4, -0.2) is 30.4 Å². The second kappa shape index (κ2) is 9.72. The largest absolute Gasteiger partial charge is 0.464 e. The first-order valence-corrected chi connectivity index (χ1v) is 10.3. The van der Waals surface area contributed by atoms with E-state index in [9.17, 15) is 14.9 Å². The zero-order valence-corrected chi connectivity index (χ0v) is 18.4. The molecule has 1 amide bonds. The lowest BCUT2D eigenvalue weighted by molar-refractivity contribution is -0.386. The van der Waals surface area contributed by atoms with Crippen molar-refractivity contribution in [3.63, 3.8) is 0 Å². The number of hydrogen-bond donors (Lipinski definition) is 1. The van der Waals surface area contributed by atoms with Crippen molar-refractivity contribution in [3.05, 3.63) is 98.4 Å². The third-order valence-electron chi connectivity index (χ3n) is 4.49. The lowest BCUT2D eigenvalue weighted by Crippen LogP contribution is -2.15. The standard InChI is InChI=1S/C21H16Cl2N6O4/c22-15-7-5-14(6-8-15)11-28-12-16(23)20(26-28)24-21(30)17-9-10-27(25-17)13-33-19-4-2-1-3-18(19)29(31)32/h1-10,12H,11,13H2,(H,24,26,30). The van der Waals surface area contributed by atoms with E-state index in [1.54, 1.807) is 35.1 Å². The number of hydrogen-bond acceptors (Lipinski definition) is 6. The Morgan fingerprint density at radius 3 is 2.58 bits per heavy atom. The summed E-state index contributed by atoms with van der Waals surface area (Å²) in [6.45, 7) is 0.332. The van der Waals surface area contributed by atoms with Crippen molar-refractivity contribution in [2.75, 3.05) is 5.32 Å². The van der Waals surface area contributed by atoms with E-state index in [0.717, 1.165) is 5.56 Å². The van der Waals surface area contributed by atoms with Gasteiger partial charge in [-0.15, -0.1) is 0 Å². The fraction of sp³-hybridized carbons (Fsp3) is 0.0952. The number of nitrogens with zero attached hydrogens (tertiary/aromatic N) is 5. The molecular weight excluding hydrogens is 471 g/mol. The molecule has 0 atom stereocenters. The number of anilines is 1. The highest BCUT2D eigenvalue weighted by Crippen LogP contribution is 2.26. The average molecular weight is 487 g/mol. The summed E-state index contributed by atoms with van der Waals surface area (Å²) < 4.78 is 8.40. The van der Waals surface area contributed by atoms with Gasteiger partial charge in [-0.05, 0) is 29.8 Å². The summed E-state index contributed by atoms with van der Waals surface area (Å²) in [4.78, 5) is 23.1. The fourth-order valence-electron chi connectivity index (χ4n) is 2.93. The number of nitro groups is 1. The first-order chi connectivity index (χ1) is 15.9. The quantitative estimate of drug-likeness (QED) is 0.286. The Hall–Kier alpha value is -3.89. The van der Waals surface area contributed by atoms with Crippen molar-refractivity contribution in [1.82, 2.24) is 19.6 Å². The molecule has 0 aliphatic heterocycles. The molecule has 0 aliphatic carbocycles. The molecule has 12 heteroatoms. The van der Waals surface area contributed by atoms with Crippen molar-refractivity contribution in [1.29, 1.82) is 0 Å². The molecule has 0 bridgehead atoms. The zero-order valence-electron chi connectivity index (χ0n) is 16.9. The number of para-hydroxylation sites is 2. The summed E-state index contributed by atoms with van der Waals surface area (Å²) in [5.41, 5.74) is 0.907. The van der Waals surface area contributed by atoms with Crippen molar-refractivity contribution in [2.45, 2.75) is 13.3 Å². The highest BCUT2D eigenvalue weighted by Gasteiger charge is 2.16. The summed E-state index contributed by atoms with van der Waals surface area (Å²) in [5, 5.41) is 23.0. The number of halogens is 2. The minimum absolute atomic E-state index is 0.0991. The molecule has 0 unspecified atom stereocenters. The maximum Gasteiger partial charge on any atom is 0.311 e. The normalized spacial score (nSPS) is 10.7. The first-order valence-electron chi connectivity index (χ1n) is 9.57. The molecule has 2 heterocycles. The molecule has 1 N–H and O–H groups in total. The molecule has 33 heavy (non-hydrogen) atoms. The van der Waals surface area contributed by atoms with Crippen molar-refractivity contribution in [3.8, 4) is 5.75 Å². The molecule has 2 aromatic heterocycles. The van der Waals surface area contributed by atoms with Gasteiger partial charge in [0.25, 0.3) is 5.91 Å². The molecule has 4 rings (SSSR count). The minimum atomic E-state index is -0.535. The predicted octanol–water partition coefficient (Wildman–Crippen LogP) is 4.63. The van der Waals surface area contributed by atoms with Gasteiger partial charge in [0.05, 0.1) is 11.5 Å². The van der Waals surface area contributed by atoms with Crippen molar-refractivity contribution < 1.29 is 14.5 Å². The van der Waals surface area contributed by atoms with E-state index >= 15 is 0 Å². The maximum atomic E-state index is 12.6. The Balaban J connectivity index is 1.38. The lowest BCUT2D eigenvalue weighted by atomic mass is 10.2. The molecule has 0 spiro atoms. The molecule has 168 valence electrons. The summed E-state index contributed by atoms with van der Waals surface area (Å²) in [6.07, 6.45) is 3.12. The Bertz CT molecular complexity index is 1300. The van der Waals surface area contributed by atoms with Crippen molar-refractivity contribution >= 4 is 40.6 Å². The average Bonchev–Trinajstić information content (AvgIpc) is 3.40. The minimum Gasteiger partial charge on any atom is -0.464 e. The van der Waals surface area contributed by atoms with Gasteiger partial charge in [0.1, 0.15) is 5.02 Å². The number of nitrogens with one attached hydrogen (secondary N) is 1. The van der Waals surface area contributed by atoms with Gasteiger partial charge in [-0.3, -0.25) is 19.6 Å². The molecule has 0 radical (unpaired) electrons. The van der Waals surface area contributed by atoms with Crippen LogP contribution in [0.3, 0.4) is 0 Å². The van der Waals surface area contributed by atoms with Crippen LogP contribution < -0.4 is 10.1 Å². The Labute approximate surface area is 197 Å². The van der Waals surface area contributed by atoms with Gasteiger partial charge in [-0.1, -0.05) is 47.5 Å². The molecule has 10 nitrogen and oxygen atoms in total. The molecule has 0 aliphatic rings. The van der Waals surface area contributed by atoms with Crippen LogP contribution in [0.25, 0.3) is 0 Å². The van der Waals surface area contributed by atoms with Crippen LogP contribution in [0.15, 0.2) is 67.0 Å². The highest BCUT2D eigenvalue weighted by molar-refractivity contribution is 6.33. The maximum absolute atomic E-state index is 12.6.